The van der Waals surface area contributed by atoms with Crippen LogP contribution in [0.3, 0.4) is 0 Å². The van der Waals surface area contributed by atoms with Gasteiger partial charge in [0.05, 0.1) is 6.04 Å². The average Bonchev–Trinajstić information content (AvgIpc) is 3.08. The van der Waals surface area contributed by atoms with Crippen molar-refractivity contribution in [3.8, 4) is 0 Å². The molecule has 6 heteroatoms. The number of benzene rings is 1. The minimum atomic E-state index is -3.55. The number of rotatable bonds is 3. The van der Waals surface area contributed by atoms with Crippen LogP contribution >= 0.6 is 11.3 Å². The number of aryl methyl sites for hydroxylation is 1. The molecule has 4 nitrogen and oxygen atoms in total. The van der Waals surface area contributed by atoms with Crippen molar-refractivity contribution in [1.29, 1.82) is 0 Å². The zero-order chi connectivity index (χ0) is 17.4. The fourth-order valence-electron chi connectivity index (χ4n) is 3.36. The van der Waals surface area contributed by atoms with E-state index >= 15 is 0 Å². The molecule has 0 radical (unpaired) electrons. The van der Waals surface area contributed by atoms with E-state index in [4.69, 9.17) is 0 Å². The SMILES string of the molecule is Cc1ccc(S(=O)(=O)N2CCc3ccccc3C2c2ccncc2)s1. The number of hydrogen-bond acceptors (Lipinski definition) is 4. The second-order valence-corrected chi connectivity index (χ2v) is 9.52. The van der Waals surface area contributed by atoms with E-state index in [1.165, 1.54) is 16.9 Å². The molecule has 0 N–H and O–H groups in total. The summed E-state index contributed by atoms with van der Waals surface area (Å²) >= 11 is 1.32. The van der Waals surface area contributed by atoms with E-state index in [9.17, 15) is 8.42 Å². The zero-order valence-electron chi connectivity index (χ0n) is 13.8. The first kappa shape index (κ1) is 16.4. The van der Waals surface area contributed by atoms with Crippen molar-refractivity contribution in [2.75, 3.05) is 6.54 Å². The van der Waals surface area contributed by atoms with Crippen LogP contribution in [0.1, 0.15) is 27.6 Å². The standard InChI is InChI=1S/C19H18N2O2S2/c1-14-6-7-18(24-14)25(22,23)21-13-10-15-4-2-3-5-17(15)19(21)16-8-11-20-12-9-16/h2-9,11-12,19H,10,13H2,1H3. The molecule has 1 aliphatic rings. The Hall–Kier alpha value is -2.02. The van der Waals surface area contributed by atoms with Crippen molar-refractivity contribution in [3.63, 3.8) is 0 Å². The molecule has 0 bridgehead atoms. The lowest BCUT2D eigenvalue weighted by Gasteiger charge is -2.36. The van der Waals surface area contributed by atoms with Gasteiger partial charge in [0.2, 0.25) is 0 Å². The maximum absolute atomic E-state index is 13.3. The molecule has 3 heterocycles. The van der Waals surface area contributed by atoms with Gasteiger partial charge in [-0.1, -0.05) is 24.3 Å². The lowest BCUT2D eigenvalue weighted by Crippen LogP contribution is -2.40. The second kappa shape index (κ2) is 6.37. The normalized spacial score (nSPS) is 18.0. The minimum absolute atomic E-state index is 0.319. The second-order valence-electron chi connectivity index (χ2n) is 6.11. The molecular weight excluding hydrogens is 352 g/mol. The first-order valence-electron chi connectivity index (χ1n) is 8.13. The van der Waals surface area contributed by atoms with Gasteiger partial charge in [0, 0.05) is 23.8 Å². The van der Waals surface area contributed by atoms with Gasteiger partial charge in [-0.3, -0.25) is 4.98 Å². The number of nitrogens with zero attached hydrogens (tertiary/aromatic N) is 2. The Morgan fingerprint density at radius 3 is 2.56 bits per heavy atom. The average molecular weight is 370 g/mol. The van der Waals surface area contributed by atoms with Gasteiger partial charge in [0.15, 0.2) is 0 Å². The van der Waals surface area contributed by atoms with Crippen molar-refractivity contribution >= 4 is 21.4 Å². The molecule has 1 aromatic carbocycles. The Morgan fingerprint density at radius 1 is 1.08 bits per heavy atom. The molecule has 1 atom stereocenters. The summed E-state index contributed by atoms with van der Waals surface area (Å²) < 4.78 is 28.7. The summed E-state index contributed by atoms with van der Waals surface area (Å²) in [5.74, 6) is 0. The lowest BCUT2D eigenvalue weighted by atomic mass is 9.90. The van der Waals surface area contributed by atoms with Gasteiger partial charge >= 0.3 is 0 Å². The largest absolute Gasteiger partial charge is 0.265 e. The Balaban J connectivity index is 1.87. The molecule has 2 aromatic heterocycles. The molecule has 0 fully saturated rings. The van der Waals surface area contributed by atoms with Gasteiger partial charge in [0.1, 0.15) is 4.21 Å². The fraction of sp³-hybridized carbons (Fsp3) is 0.211. The first-order chi connectivity index (χ1) is 12.1. The third-order valence-electron chi connectivity index (χ3n) is 4.54. The van der Waals surface area contributed by atoms with Crippen LogP contribution in [0, 0.1) is 6.92 Å². The fourth-order valence-corrected chi connectivity index (χ4v) is 6.37. The Kier molecular flexibility index (Phi) is 4.19. The third-order valence-corrected chi connectivity index (χ3v) is 7.87. The number of fused-ring (bicyclic) bond motifs is 1. The number of pyridine rings is 1. The highest BCUT2D eigenvalue weighted by Crippen LogP contribution is 2.39. The highest BCUT2D eigenvalue weighted by atomic mass is 32.2. The maximum atomic E-state index is 13.3. The van der Waals surface area contributed by atoms with Gasteiger partial charge in [0.25, 0.3) is 10.0 Å². The third kappa shape index (κ3) is 2.90. The molecular formula is C19H18N2O2S2. The van der Waals surface area contributed by atoms with Crippen LogP contribution in [0.2, 0.25) is 0 Å². The molecule has 1 unspecified atom stereocenters. The monoisotopic (exact) mass is 370 g/mol. The zero-order valence-corrected chi connectivity index (χ0v) is 15.4. The molecule has 0 spiro atoms. The van der Waals surface area contributed by atoms with E-state index in [2.05, 4.69) is 11.1 Å². The number of hydrogen-bond donors (Lipinski definition) is 0. The molecule has 0 saturated heterocycles. The topological polar surface area (TPSA) is 50.3 Å². The van der Waals surface area contributed by atoms with E-state index in [1.54, 1.807) is 22.8 Å². The molecule has 0 aliphatic carbocycles. The summed E-state index contributed by atoms with van der Waals surface area (Å²) in [6.07, 6.45) is 4.15. The van der Waals surface area contributed by atoms with Crippen molar-refractivity contribution in [1.82, 2.24) is 9.29 Å². The van der Waals surface area contributed by atoms with Gasteiger partial charge < -0.3 is 0 Å². The van der Waals surface area contributed by atoms with Crippen molar-refractivity contribution in [2.24, 2.45) is 0 Å². The summed E-state index contributed by atoms with van der Waals surface area (Å²) in [6, 6.07) is 15.1. The highest BCUT2D eigenvalue weighted by Gasteiger charge is 2.37. The van der Waals surface area contributed by atoms with Crippen molar-refractivity contribution < 1.29 is 8.42 Å². The first-order valence-corrected chi connectivity index (χ1v) is 10.4. The Labute approximate surface area is 151 Å². The maximum Gasteiger partial charge on any atom is 0.253 e. The van der Waals surface area contributed by atoms with Gasteiger partial charge in [-0.2, -0.15) is 4.31 Å². The predicted molar refractivity (Wildman–Crippen MR) is 99.2 cm³/mol. The van der Waals surface area contributed by atoms with E-state index in [0.29, 0.717) is 10.8 Å². The van der Waals surface area contributed by atoms with Crippen molar-refractivity contribution in [3.05, 3.63) is 82.5 Å². The van der Waals surface area contributed by atoms with Gasteiger partial charge in [-0.15, -0.1) is 11.3 Å². The molecule has 0 saturated carbocycles. The van der Waals surface area contributed by atoms with Crippen LogP contribution < -0.4 is 0 Å². The van der Waals surface area contributed by atoms with E-state index < -0.39 is 10.0 Å². The molecule has 1 aliphatic heterocycles. The quantitative estimate of drug-likeness (QED) is 0.705. The number of thiophene rings is 1. The smallest absolute Gasteiger partial charge is 0.253 e. The molecule has 3 aromatic rings. The molecule has 4 rings (SSSR count). The van der Waals surface area contributed by atoms with Crippen LogP contribution in [0.25, 0.3) is 0 Å². The summed E-state index contributed by atoms with van der Waals surface area (Å²) in [5, 5.41) is 0. The Bertz CT molecular complexity index is 997. The van der Waals surface area contributed by atoms with Crippen LogP contribution in [0.4, 0.5) is 0 Å². The van der Waals surface area contributed by atoms with E-state index in [-0.39, 0.29) is 6.04 Å². The van der Waals surface area contributed by atoms with Crippen LogP contribution in [-0.4, -0.2) is 24.3 Å². The van der Waals surface area contributed by atoms with Crippen LogP contribution in [0.5, 0.6) is 0 Å². The summed E-state index contributed by atoms with van der Waals surface area (Å²) in [6.45, 7) is 2.40. The van der Waals surface area contributed by atoms with E-state index in [1.807, 2.05) is 43.3 Å². The van der Waals surface area contributed by atoms with Crippen molar-refractivity contribution in [2.45, 2.75) is 23.6 Å². The number of sulfonamides is 1. The molecule has 25 heavy (non-hydrogen) atoms. The minimum Gasteiger partial charge on any atom is -0.265 e. The van der Waals surface area contributed by atoms with Crippen LogP contribution in [0.15, 0.2) is 65.1 Å². The van der Waals surface area contributed by atoms with E-state index in [0.717, 1.165) is 22.4 Å². The van der Waals surface area contributed by atoms with Gasteiger partial charge in [-0.25, -0.2) is 8.42 Å². The predicted octanol–water partition coefficient (Wildman–Crippen LogP) is 3.79. The van der Waals surface area contributed by atoms with Gasteiger partial charge in [-0.05, 0) is 54.3 Å². The summed E-state index contributed by atoms with van der Waals surface area (Å²) in [7, 11) is -3.55. The highest BCUT2D eigenvalue weighted by molar-refractivity contribution is 7.91. The number of aromatic nitrogens is 1. The molecule has 0 amide bonds. The summed E-state index contributed by atoms with van der Waals surface area (Å²) in [4.78, 5) is 5.08. The van der Waals surface area contributed by atoms with Crippen LogP contribution in [-0.2, 0) is 16.4 Å². The lowest BCUT2D eigenvalue weighted by molar-refractivity contribution is 0.345. The molecule has 128 valence electrons. The Morgan fingerprint density at radius 2 is 1.84 bits per heavy atom. The summed E-state index contributed by atoms with van der Waals surface area (Å²) in [5.41, 5.74) is 3.20.